The normalized spacial score (nSPS) is 11.9. The van der Waals surface area contributed by atoms with Gasteiger partial charge in [0.25, 0.3) is 12.3 Å². The maximum absolute atomic E-state index is 13.3. The summed E-state index contributed by atoms with van der Waals surface area (Å²) < 4.78 is 32.0. The van der Waals surface area contributed by atoms with Gasteiger partial charge in [0, 0.05) is 41.0 Å². The summed E-state index contributed by atoms with van der Waals surface area (Å²) in [7, 11) is -0.533. The summed E-state index contributed by atoms with van der Waals surface area (Å²) in [6, 6.07) is 13.0. The molecule has 1 aromatic heterocycles. The Morgan fingerprint density at radius 3 is 2.56 bits per heavy atom. The first-order valence-electron chi connectivity index (χ1n) is 10.5. The smallest absolute Gasteiger partial charge is 0.263 e. The molecule has 0 aliphatic carbocycles. The molecule has 1 amide bonds. The summed E-state index contributed by atoms with van der Waals surface area (Å²) in [6.07, 6.45) is 2.47. The lowest BCUT2D eigenvalue weighted by Gasteiger charge is -2.16. The van der Waals surface area contributed by atoms with E-state index in [2.05, 4.69) is 9.68 Å². The third kappa shape index (κ3) is 5.46. The van der Waals surface area contributed by atoms with Crippen molar-refractivity contribution in [2.75, 3.05) is 6.26 Å². The highest BCUT2D eigenvalue weighted by atomic mass is 32.2. The Labute approximate surface area is 199 Å². The van der Waals surface area contributed by atoms with Crippen LogP contribution < -0.4 is 10.7 Å². The molecule has 1 heterocycles. The Bertz CT molecular complexity index is 1340. The van der Waals surface area contributed by atoms with E-state index in [0.29, 0.717) is 17.8 Å². The van der Waals surface area contributed by atoms with Gasteiger partial charge >= 0.3 is 0 Å². The van der Waals surface area contributed by atoms with Crippen LogP contribution in [0.4, 0.5) is 8.78 Å². The summed E-state index contributed by atoms with van der Waals surface area (Å²) in [6.45, 7) is 4.31. The third-order valence-electron chi connectivity index (χ3n) is 5.46. The average Bonchev–Trinajstić information content (AvgIpc) is 2.83. The van der Waals surface area contributed by atoms with Gasteiger partial charge in [-0.05, 0) is 49.4 Å². The molecule has 1 atom stereocenters. The first kappa shape index (κ1) is 25.0. The quantitative estimate of drug-likeness (QED) is 0.482. The van der Waals surface area contributed by atoms with E-state index in [1.807, 2.05) is 37.4 Å². The maximum Gasteiger partial charge on any atom is 0.263 e. The van der Waals surface area contributed by atoms with E-state index in [1.165, 1.54) is 24.4 Å². The lowest BCUT2D eigenvalue weighted by Crippen LogP contribution is -2.30. The Morgan fingerprint density at radius 1 is 1.24 bits per heavy atom. The van der Waals surface area contributed by atoms with Crippen molar-refractivity contribution in [1.82, 2.24) is 9.88 Å². The highest BCUT2D eigenvalue weighted by Crippen LogP contribution is 2.26. The highest BCUT2D eigenvalue weighted by molar-refractivity contribution is 7.86. The number of nitrogens with zero attached hydrogens (tertiary/aromatic N) is 3. The van der Waals surface area contributed by atoms with Crippen LogP contribution in [-0.4, -0.2) is 16.7 Å². The largest absolute Gasteiger partial charge is 0.350 e. The Balaban J connectivity index is 1.91. The zero-order chi connectivity index (χ0) is 24.8. The Kier molecular flexibility index (Phi) is 8.08. The number of pyridine rings is 1. The van der Waals surface area contributed by atoms with Gasteiger partial charge in [0.05, 0.1) is 0 Å². The van der Waals surface area contributed by atoms with E-state index in [1.54, 1.807) is 23.8 Å². The second-order valence-electron chi connectivity index (χ2n) is 7.54. The van der Waals surface area contributed by atoms with Crippen molar-refractivity contribution in [2.45, 2.75) is 38.3 Å². The van der Waals surface area contributed by atoms with Crippen molar-refractivity contribution in [3.8, 4) is 17.3 Å². The monoisotopic (exact) mass is 482 g/mol. The van der Waals surface area contributed by atoms with Crippen LogP contribution in [0.2, 0.25) is 0 Å². The number of rotatable bonds is 7. The predicted molar refractivity (Wildman–Crippen MR) is 129 cm³/mol. The van der Waals surface area contributed by atoms with Gasteiger partial charge in [-0.1, -0.05) is 41.0 Å². The molecule has 3 aromatic rings. The summed E-state index contributed by atoms with van der Waals surface area (Å²) in [5, 5.41) is 11.5. The Morgan fingerprint density at radius 2 is 1.94 bits per heavy atom. The van der Waals surface area contributed by atoms with Gasteiger partial charge < -0.3 is 9.88 Å². The average molecular weight is 483 g/mol. The van der Waals surface area contributed by atoms with Crippen LogP contribution in [0.15, 0.2) is 68.8 Å². The first-order chi connectivity index (χ1) is 16.3. The molecule has 0 saturated heterocycles. The summed E-state index contributed by atoms with van der Waals surface area (Å²) >= 11 is 0. The molecule has 0 bridgehead atoms. The van der Waals surface area contributed by atoms with Crippen molar-refractivity contribution >= 4 is 16.6 Å². The highest BCUT2D eigenvalue weighted by Gasteiger charge is 2.20. The van der Waals surface area contributed by atoms with E-state index in [4.69, 9.17) is 5.26 Å². The topological polar surface area (TPSA) is 87.2 Å². The van der Waals surface area contributed by atoms with Gasteiger partial charge in [0.1, 0.15) is 5.56 Å². The number of nitrogens with one attached hydrogen (secondary N) is 1. The summed E-state index contributed by atoms with van der Waals surface area (Å²) in [5.74, 6) is -0.544. The van der Waals surface area contributed by atoms with Crippen LogP contribution in [0.5, 0.6) is 0 Å². The standard InChI is InChI=1S/C25H24F2N4O2S/c1-4-31-14-21(23(32)22(16(31)2)18-6-5-7-19(12-18)24(26)27)25(33)29-13-17-8-10-20(11-9-17)34(3)30-15-28/h5-12,14,24H,4,13H2,1-3H3,(H,29,33). The molecular weight excluding hydrogens is 458 g/mol. The number of carbonyl (C=O) groups excluding carboxylic acids is 1. The van der Waals surface area contributed by atoms with Crippen molar-refractivity contribution in [3.05, 3.63) is 87.3 Å². The Hall–Kier alpha value is -3.64. The molecule has 0 radical (unpaired) electrons. The molecule has 0 saturated carbocycles. The fraction of sp³-hybridized carbons (Fsp3) is 0.240. The van der Waals surface area contributed by atoms with Gasteiger partial charge in [-0.15, -0.1) is 4.36 Å². The molecule has 34 heavy (non-hydrogen) atoms. The lowest BCUT2D eigenvalue weighted by atomic mass is 9.99. The molecule has 0 aliphatic rings. The van der Waals surface area contributed by atoms with E-state index in [9.17, 15) is 18.4 Å². The summed E-state index contributed by atoms with van der Waals surface area (Å²) in [4.78, 5) is 27.1. The molecular formula is C25H24F2N4O2S. The van der Waals surface area contributed by atoms with Gasteiger partial charge in [0.15, 0.2) is 0 Å². The lowest BCUT2D eigenvalue weighted by molar-refractivity contribution is 0.0949. The molecule has 2 aromatic carbocycles. The number of amides is 1. The predicted octanol–water partition coefficient (Wildman–Crippen LogP) is 4.98. The number of nitriles is 1. The van der Waals surface area contributed by atoms with Gasteiger partial charge in [-0.25, -0.2) is 8.78 Å². The second kappa shape index (κ2) is 11.0. The van der Waals surface area contributed by atoms with Crippen LogP contribution in [0.1, 0.15) is 40.5 Å². The number of hydrogen-bond acceptors (Lipinski definition) is 4. The molecule has 3 rings (SSSR count). The van der Waals surface area contributed by atoms with Crippen LogP contribution in [0.3, 0.4) is 0 Å². The number of aryl methyl sites for hydroxylation is 1. The fourth-order valence-corrected chi connectivity index (χ4v) is 4.37. The number of hydrogen-bond donors (Lipinski definition) is 1. The minimum Gasteiger partial charge on any atom is -0.350 e. The van der Waals surface area contributed by atoms with E-state index >= 15 is 0 Å². The van der Waals surface area contributed by atoms with Gasteiger partial charge in [0.2, 0.25) is 11.6 Å². The molecule has 6 nitrogen and oxygen atoms in total. The van der Waals surface area contributed by atoms with E-state index < -0.39 is 28.5 Å². The molecule has 1 unspecified atom stereocenters. The number of halogens is 2. The van der Waals surface area contributed by atoms with Crippen molar-refractivity contribution in [2.24, 2.45) is 4.36 Å². The maximum atomic E-state index is 13.3. The molecule has 0 spiro atoms. The number of carbonyl (C=O) groups is 1. The zero-order valence-electron chi connectivity index (χ0n) is 19.0. The summed E-state index contributed by atoms with van der Waals surface area (Å²) in [5.41, 5.74) is 1.26. The van der Waals surface area contributed by atoms with E-state index in [0.717, 1.165) is 10.5 Å². The first-order valence-corrected chi connectivity index (χ1v) is 12.1. The van der Waals surface area contributed by atoms with Gasteiger partial charge in [-0.3, -0.25) is 9.59 Å². The molecule has 0 aliphatic heterocycles. The van der Waals surface area contributed by atoms with Crippen molar-refractivity contribution < 1.29 is 13.6 Å². The van der Waals surface area contributed by atoms with Crippen LogP contribution in [0.25, 0.3) is 11.1 Å². The van der Waals surface area contributed by atoms with Crippen molar-refractivity contribution in [1.29, 1.82) is 5.26 Å². The molecule has 9 heteroatoms. The third-order valence-corrected chi connectivity index (χ3v) is 6.77. The van der Waals surface area contributed by atoms with Gasteiger partial charge in [-0.2, -0.15) is 5.26 Å². The number of aromatic nitrogens is 1. The molecule has 0 fully saturated rings. The molecule has 1 N–H and O–H groups in total. The number of benzene rings is 2. The molecule has 176 valence electrons. The van der Waals surface area contributed by atoms with E-state index in [-0.39, 0.29) is 23.2 Å². The van der Waals surface area contributed by atoms with Crippen LogP contribution in [0, 0.1) is 18.4 Å². The van der Waals surface area contributed by atoms with Crippen LogP contribution >= 0.6 is 0 Å². The SMILES string of the molecule is CCn1cc(C(=O)NCc2ccc(S(C)=NC#N)cc2)c(=O)c(-c2cccc(C(F)F)c2)c1C. The van der Waals surface area contributed by atoms with Crippen molar-refractivity contribution in [3.63, 3.8) is 0 Å². The second-order valence-corrected chi connectivity index (χ2v) is 9.15. The zero-order valence-corrected chi connectivity index (χ0v) is 19.8. The number of alkyl halides is 2. The van der Waals surface area contributed by atoms with Crippen LogP contribution in [-0.2, 0) is 23.8 Å². The minimum absolute atomic E-state index is 0.0514. The fourth-order valence-electron chi connectivity index (χ4n) is 3.61. The minimum atomic E-state index is -2.66.